The number of amides is 1. The number of anilines is 1. The molecule has 5 heteroatoms. The molecular formula is C21H25FN2O2. The molecule has 0 unspecified atom stereocenters. The maximum Gasteiger partial charge on any atom is 0.239 e. The number of fused-ring (bicyclic) bond motifs is 1. The van der Waals surface area contributed by atoms with Gasteiger partial charge in [0.25, 0.3) is 0 Å². The van der Waals surface area contributed by atoms with Gasteiger partial charge in [-0.25, -0.2) is 4.39 Å². The van der Waals surface area contributed by atoms with Gasteiger partial charge >= 0.3 is 0 Å². The number of carbonyl (C=O) groups excluding carboxylic acids is 1. The molecule has 138 valence electrons. The van der Waals surface area contributed by atoms with Gasteiger partial charge in [0.1, 0.15) is 11.6 Å². The minimum Gasteiger partial charge on any atom is -0.497 e. The van der Waals surface area contributed by atoms with E-state index in [2.05, 4.69) is 5.32 Å². The molecule has 26 heavy (non-hydrogen) atoms. The number of hydrogen-bond donors (Lipinski definition) is 1. The second kappa shape index (κ2) is 8.21. The van der Waals surface area contributed by atoms with E-state index in [1.54, 1.807) is 13.2 Å². The zero-order chi connectivity index (χ0) is 18.5. The Labute approximate surface area is 154 Å². The third-order valence-corrected chi connectivity index (χ3v) is 4.71. The highest BCUT2D eigenvalue weighted by atomic mass is 19.1. The molecule has 0 aromatic heterocycles. The van der Waals surface area contributed by atoms with E-state index in [9.17, 15) is 9.18 Å². The molecular weight excluding hydrogens is 331 g/mol. The van der Waals surface area contributed by atoms with E-state index in [-0.39, 0.29) is 18.3 Å². The minimum atomic E-state index is -0.231. The number of rotatable bonds is 6. The third kappa shape index (κ3) is 4.34. The molecule has 0 fully saturated rings. The molecule has 2 aromatic carbocycles. The van der Waals surface area contributed by atoms with E-state index in [1.165, 1.54) is 0 Å². The monoisotopic (exact) mass is 356 g/mol. The standard InChI is InChI=1S/C21H25FN2O2/c1-15-12-17-4-3-11-24(21(17)19(22)13-15)14-20(25)23-10-9-16-5-7-18(26-2)8-6-16/h5-8,12-13H,3-4,9-11,14H2,1-2H3,(H,23,25). The molecule has 1 amide bonds. The van der Waals surface area contributed by atoms with Gasteiger partial charge in [-0.1, -0.05) is 18.2 Å². The number of halogens is 1. The summed E-state index contributed by atoms with van der Waals surface area (Å²) in [5.74, 6) is 0.510. The smallest absolute Gasteiger partial charge is 0.239 e. The van der Waals surface area contributed by atoms with E-state index in [0.717, 1.165) is 41.7 Å². The van der Waals surface area contributed by atoms with Crippen LogP contribution >= 0.6 is 0 Å². The Morgan fingerprint density at radius 2 is 2.04 bits per heavy atom. The van der Waals surface area contributed by atoms with Crippen LogP contribution in [0.2, 0.25) is 0 Å². The van der Waals surface area contributed by atoms with Crippen LogP contribution in [0.25, 0.3) is 0 Å². The summed E-state index contributed by atoms with van der Waals surface area (Å²) in [6.07, 6.45) is 2.55. The van der Waals surface area contributed by atoms with Crippen LogP contribution in [0.1, 0.15) is 23.1 Å². The second-order valence-corrected chi connectivity index (χ2v) is 6.73. The maximum absolute atomic E-state index is 14.4. The summed E-state index contributed by atoms with van der Waals surface area (Å²) < 4.78 is 19.5. The number of hydrogen-bond acceptors (Lipinski definition) is 3. The van der Waals surface area contributed by atoms with Crippen LogP contribution in [0.5, 0.6) is 5.75 Å². The van der Waals surface area contributed by atoms with Gasteiger partial charge in [-0.3, -0.25) is 4.79 Å². The molecule has 0 atom stereocenters. The van der Waals surface area contributed by atoms with Crippen LogP contribution in [-0.2, 0) is 17.6 Å². The number of nitrogens with one attached hydrogen (secondary N) is 1. The Morgan fingerprint density at radius 3 is 2.77 bits per heavy atom. The zero-order valence-corrected chi connectivity index (χ0v) is 15.3. The highest BCUT2D eigenvalue weighted by Crippen LogP contribution is 2.30. The van der Waals surface area contributed by atoms with Crippen LogP contribution in [0.15, 0.2) is 36.4 Å². The van der Waals surface area contributed by atoms with Gasteiger partial charge in [0, 0.05) is 13.1 Å². The summed E-state index contributed by atoms with van der Waals surface area (Å²) in [4.78, 5) is 14.2. The van der Waals surface area contributed by atoms with E-state index < -0.39 is 0 Å². The molecule has 0 saturated carbocycles. The normalized spacial score (nSPS) is 13.3. The lowest BCUT2D eigenvalue weighted by Crippen LogP contribution is -2.40. The first-order valence-electron chi connectivity index (χ1n) is 9.00. The second-order valence-electron chi connectivity index (χ2n) is 6.73. The lowest BCUT2D eigenvalue weighted by molar-refractivity contribution is -0.119. The number of aryl methyl sites for hydroxylation is 2. The fourth-order valence-corrected chi connectivity index (χ4v) is 3.45. The number of carbonyl (C=O) groups is 1. The van der Waals surface area contributed by atoms with Gasteiger partial charge in [0.15, 0.2) is 0 Å². The first kappa shape index (κ1) is 18.2. The van der Waals surface area contributed by atoms with Gasteiger partial charge < -0.3 is 15.0 Å². The van der Waals surface area contributed by atoms with Gasteiger partial charge in [-0.05, 0) is 61.1 Å². The van der Waals surface area contributed by atoms with Gasteiger partial charge in [0.2, 0.25) is 5.91 Å². The molecule has 0 radical (unpaired) electrons. The molecule has 0 aliphatic carbocycles. The molecule has 0 bridgehead atoms. The lowest BCUT2D eigenvalue weighted by Gasteiger charge is -2.31. The van der Waals surface area contributed by atoms with Gasteiger partial charge in [-0.2, -0.15) is 0 Å². The van der Waals surface area contributed by atoms with Crippen LogP contribution in [0.3, 0.4) is 0 Å². The first-order chi connectivity index (χ1) is 12.6. The Hall–Kier alpha value is -2.56. The SMILES string of the molecule is COc1ccc(CCNC(=O)CN2CCCc3cc(C)cc(F)c32)cc1. The average molecular weight is 356 g/mol. The van der Waals surface area contributed by atoms with Crippen molar-refractivity contribution < 1.29 is 13.9 Å². The molecule has 0 spiro atoms. The minimum absolute atomic E-state index is 0.0775. The zero-order valence-electron chi connectivity index (χ0n) is 15.3. The molecule has 2 aromatic rings. The van der Waals surface area contributed by atoms with Crippen molar-refractivity contribution in [1.82, 2.24) is 5.32 Å². The summed E-state index contributed by atoms with van der Waals surface area (Å²) in [6.45, 7) is 3.35. The van der Waals surface area contributed by atoms with Crippen molar-refractivity contribution in [2.45, 2.75) is 26.2 Å². The molecule has 1 aliphatic rings. The summed E-state index contributed by atoms with van der Waals surface area (Å²) in [5.41, 5.74) is 3.65. The summed E-state index contributed by atoms with van der Waals surface area (Å²) in [5, 5.41) is 2.93. The molecule has 0 saturated heterocycles. The van der Waals surface area contributed by atoms with Gasteiger partial charge in [0.05, 0.1) is 19.3 Å². The topological polar surface area (TPSA) is 41.6 Å². The van der Waals surface area contributed by atoms with E-state index >= 15 is 0 Å². The van der Waals surface area contributed by atoms with E-state index in [4.69, 9.17) is 4.74 Å². The predicted octanol–water partition coefficient (Wildman–Crippen LogP) is 3.25. The maximum atomic E-state index is 14.4. The largest absolute Gasteiger partial charge is 0.497 e. The van der Waals surface area contributed by atoms with Crippen molar-refractivity contribution in [2.24, 2.45) is 0 Å². The van der Waals surface area contributed by atoms with Crippen molar-refractivity contribution in [2.75, 3.05) is 31.6 Å². The van der Waals surface area contributed by atoms with Gasteiger partial charge in [-0.15, -0.1) is 0 Å². The number of benzene rings is 2. The number of methoxy groups -OCH3 is 1. The highest BCUT2D eigenvalue weighted by molar-refractivity contribution is 5.82. The molecule has 4 nitrogen and oxygen atoms in total. The highest BCUT2D eigenvalue weighted by Gasteiger charge is 2.22. The van der Waals surface area contributed by atoms with Crippen molar-refractivity contribution >= 4 is 11.6 Å². The Bertz CT molecular complexity index is 774. The first-order valence-corrected chi connectivity index (χ1v) is 9.00. The molecule has 1 aliphatic heterocycles. The third-order valence-electron chi connectivity index (χ3n) is 4.71. The van der Waals surface area contributed by atoms with Crippen LogP contribution < -0.4 is 15.0 Å². The summed E-state index contributed by atoms with van der Waals surface area (Å²) in [6, 6.07) is 11.4. The average Bonchev–Trinajstić information content (AvgIpc) is 2.62. The predicted molar refractivity (Wildman–Crippen MR) is 101 cm³/mol. The fraction of sp³-hybridized carbons (Fsp3) is 0.381. The number of ether oxygens (including phenoxy) is 1. The van der Waals surface area contributed by atoms with Crippen LogP contribution in [0, 0.1) is 12.7 Å². The Kier molecular flexibility index (Phi) is 5.76. The van der Waals surface area contributed by atoms with Crippen LogP contribution in [0.4, 0.5) is 10.1 Å². The molecule has 1 heterocycles. The lowest BCUT2D eigenvalue weighted by atomic mass is 9.99. The van der Waals surface area contributed by atoms with E-state index in [1.807, 2.05) is 42.2 Å². The summed E-state index contributed by atoms with van der Waals surface area (Å²) >= 11 is 0. The molecule has 3 rings (SSSR count). The summed E-state index contributed by atoms with van der Waals surface area (Å²) in [7, 11) is 1.64. The Balaban J connectivity index is 1.54. The fourth-order valence-electron chi connectivity index (χ4n) is 3.45. The number of nitrogens with zero attached hydrogens (tertiary/aromatic N) is 1. The quantitative estimate of drug-likeness (QED) is 0.864. The van der Waals surface area contributed by atoms with Crippen molar-refractivity contribution in [3.05, 3.63) is 58.9 Å². The van der Waals surface area contributed by atoms with Crippen molar-refractivity contribution in [3.8, 4) is 5.75 Å². The van der Waals surface area contributed by atoms with E-state index in [0.29, 0.717) is 18.8 Å². The van der Waals surface area contributed by atoms with Crippen molar-refractivity contribution in [1.29, 1.82) is 0 Å². The van der Waals surface area contributed by atoms with Crippen molar-refractivity contribution in [3.63, 3.8) is 0 Å². The molecule has 1 N–H and O–H groups in total. The van der Waals surface area contributed by atoms with Crippen LogP contribution in [-0.4, -0.2) is 32.7 Å². The Morgan fingerprint density at radius 1 is 1.27 bits per heavy atom.